The Balaban J connectivity index is 2.32. The van der Waals surface area contributed by atoms with E-state index in [1.54, 1.807) is 0 Å². The first-order valence-electron chi connectivity index (χ1n) is 6.50. The van der Waals surface area contributed by atoms with Gasteiger partial charge in [0.2, 0.25) is 10.0 Å². The molecule has 1 aliphatic heterocycles. The van der Waals surface area contributed by atoms with Crippen LogP contribution < -0.4 is 5.11 Å². The van der Waals surface area contributed by atoms with E-state index >= 15 is 0 Å². The Morgan fingerprint density at radius 2 is 2.00 bits per heavy atom. The number of piperidine rings is 1. The van der Waals surface area contributed by atoms with Crippen LogP contribution in [0, 0.1) is 5.92 Å². The van der Waals surface area contributed by atoms with Gasteiger partial charge in [0.1, 0.15) is 0 Å². The average molecular weight is 336 g/mol. The number of halogens is 3. The minimum Gasteiger partial charge on any atom is -0.550 e. The standard InChI is InChI=1S/C13H14F3NO4S/c14-13(15,16)10-4-1-5-11(7-10)22(20,21)17-6-2-3-9(8-17)12(18)19/h1,4-5,7,9H,2-3,6,8H2,(H,18,19)/p-1/t9-/m1/s1. The van der Waals surface area contributed by atoms with E-state index in [1.165, 1.54) is 0 Å². The summed E-state index contributed by atoms with van der Waals surface area (Å²) in [6, 6.07) is 3.40. The Bertz CT molecular complexity index is 672. The fraction of sp³-hybridized carbons (Fsp3) is 0.462. The van der Waals surface area contributed by atoms with Crippen LogP contribution in [-0.2, 0) is 21.0 Å². The quantitative estimate of drug-likeness (QED) is 0.820. The van der Waals surface area contributed by atoms with Gasteiger partial charge in [-0.3, -0.25) is 0 Å². The lowest BCUT2D eigenvalue weighted by molar-refractivity contribution is -0.312. The molecule has 0 amide bonds. The summed E-state index contributed by atoms with van der Waals surface area (Å²) in [4.78, 5) is 10.4. The fourth-order valence-electron chi connectivity index (χ4n) is 2.34. The number of hydrogen-bond acceptors (Lipinski definition) is 4. The van der Waals surface area contributed by atoms with Gasteiger partial charge in [-0.2, -0.15) is 17.5 Å². The van der Waals surface area contributed by atoms with Crippen molar-refractivity contribution < 1.29 is 31.5 Å². The number of benzene rings is 1. The summed E-state index contributed by atoms with van der Waals surface area (Å²) in [6.45, 7) is -0.219. The number of rotatable bonds is 3. The molecule has 1 aromatic rings. The van der Waals surface area contributed by atoms with Crippen molar-refractivity contribution in [3.05, 3.63) is 29.8 Å². The smallest absolute Gasteiger partial charge is 0.416 e. The van der Waals surface area contributed by atoms with Crippen molar-refractivity contribution in [2.45, 2.75) is 23.9 Å². The molecule has 0 radical (unpaired) electrons. The third-order valence-electron chi connectivity index (χ3n) is 3.52. The third-order valence-corrected chi connectivity index (χ3v) is 5.38. The zero-order valence-electron chi connectivity index (χ0n) is 11.3. The highest BCUT2D eigenvalue weighted by atomic mass is 32.2. The van der Waals surface area contributed by atoms with E-state index in [1.807, 2.05) is 0 Å². The molecule has 1 heterocycles. The van der Waals surface area contributed by atoms with Gasteiger partial charge in [-0.25, -0.2) is 8.42 Å². The first-order valence-corrected chi connectivity index (χ1v) is 7.94. The van der Waals surface area contributed by atoms with Crippen molar-refractivity contribution in [2.75, 3.05) is 13.1 Å². The van der Waals surface area contributed by atoms with Gasteiger partial charge in [-0.15, -0.1) is 0 Å². The van der Waals surface area contributed by atoms with Crippen molar-refractivity contribution in [3.63, 3.8) is 0 Å². The van der Waals surface area contributed by atoms with E-state index in [9.17, 15) is 31.5 Å². The van der Waals surface area contributed by atoms with Gasteiger partial charge in [0.05, 0.1) is 10.5 Å². The van der Waals surface area contributed by atoms with Crippen molar-refractivity contribution in [1.82, 2.24) is 4.31 Å². The molecule has 0 aromatic heterocycles. The Labute approximate surface area is 125 Å². The molecule has 5 nitrogen and oxygen atoms in total. The predicted octanol–water partition coefficient (Wildman–Crippen LogP) is 0.856. The van der Waals surface area contributed by atoms with Crippen LogP contribution >= 0.6 is 0 Å². The molecule has 1 atom stereocenters. The number of nitrogens with zero attached hydrogens (tertiary/aromatic N) is 1. The SMILES string of the molecule is O=C([O-])[C@@H]1CCCN(S(=O)(=O)c2cccc(C(F)(F)F)c2)C1. The van der Waals surface area contributed by atoms with Gasteiger partial charge in [0.25, 0.3) is 0 Å². The summed E-state index contributed by atoms with van der Waals surface area (Å²) in [5, 5.41) is 10.9. The zero-order chi connectivity index (χ0) is 16.5. The monoisotopic (exact) mass is 336 g/mol. The molecule has 1 aromatic carbocycles. The van der Waals surface area contributed by atoms with Gasteiger partial charge in [-0.1, -0.05) is 6.07 Å². The Hall–Kier alpha value is -1.61. The summed E-state index contributed by atoms with van der Waals surface area (Å²) in [6.07, 6.45) is -4.05. The lowest BCUT2D eigenvalue weighted by atomic mass is 10.0. The molecule has 1 aliphatic rings. The molecule has 0 N–H and O–H groups in total. The molecule has 0 spiro atoms. The Morgan fingerprint density at radius 3 is 2.59 bits per heavy atom. The first kappa shape index (κ1) is 16.8. The van der Waals surface area contributed by atoms with E-state index < -0.39 is 38.5 Å². The lowest BCUT2D eigenvalue weighted by Crippen LogP contribution is -2.46. The maximum atomic E-state index is 12.7. The number of aliphatic carboxylic acids is 1. The molecular formula is C13H13F3NO4S-. The predicted molar refractivity (Wildman–Crippen MR) is 67.9 cm³/mol. The number of carboxylic acids is 1. The third kappa shape index (κ3) is 3.41. The van der Waals surface area contributed by atoms with E-state index in [2.05, 4.69) is 0 Å². The maximum absolute atomic E-state index is 12.7. The molecule has 1 saturated heterocycles. The van der Waals surface area contributed by atoms with Crippen LogP contribution in [0.2, 0.25) is 0 Å². The highest BCUT2D eigenvalue weighted by Crippen LogP contribution is 2.31. The number of carbonyl (C=O) groups is 1. The number of sulfonamides is 1. The van der Waals surface area contributed by atoms with Gasteiger partial charge in [0, 0.05) is 25.0 Å². The second-order valence-electron chi connectivity index (χ2n) is 5.05. The van der Waals surface area contributed by atoms with Crippen LogP contribution in [0.25, 0.3) is 0 Å². The fourth-order valence-corrected chi connectivity index (χ4v) is 3.91. The average Bonchev–Trinajstić information content (AvgIpc) is 2.46. The van der Waals surface area contributed by atoms with Crippen LogP contribution in [0.15, 0.2) is 29.2 Å². The molecule has 2 rings (SSSR count). The van der Waals surface area contributed by atoms with Crippen molar-refractivity contribution >= 4 is 16.0 Å². The summed E-state index contributed by atoms with van der Waals surface area (Å²) in [5.41, 5.74) is -1.07. The molecule has 1 fully saturated rings. The molecule has 0 unspecified atom stereocenters. The van der Waals surface area contributed by atoms with Crippen molar-refractivity contribution in [3.8, 4) is 0 Å². The van der Waals surface area contributed by atoms with E-state index in [4.69, 9.17) is 0 Å². The largest absolute Gasteiger partial charge is 0.550 e. The molecule has 0 bridgehead atoms. The van der Waals surface area contributed by atoms with Crippen LogP contribution in [0.4, 0.5) is 13.2 Å². The minimum atomic E-state index is -4.65. The van der Waals surface area contributed by atoms with Crippen molar-refractivity contribution in [1.29, 1.82) is 0 Å². The Morgan fingerprint density at radius 1 is 1.32 bits per heavy atom. The number of carboxylic acid groups (broad SMARTS) is 1. The summed E-state index contributed by atoms with van der Waals surface area (Å²) in [5.74, 6) is -2.31. The molecular weight excluding hydrogens is 323 g/mol. The number of carbonyl (C=O) groups excluding carboxylic acids is 1. The highest BCUT2D eigenvalue weighted by Gasteiger charge is 2.34. The highest BCUT2D eigenvalue weighted by molar-refractivity contribution is 7.89. The normalized spacial score (nSPS) is 20.8. The Kier molecular flexibility index (Phi) is 4.48. The van der Waals surface area contributed by atoms with E-state index in [-0.39, 0.29) is 19.5 Å². The summed E-state index contributed by atoms with van der Waals surface area (Å²) in [7, 11) is -4.17. The second kappa shape index (κ2) is 5.88. The topological polar surface area (TPSA) is 77.5 Å². The second-order valence-corrected chi connectivity index (χ2v) is 6.98. The minimum absolute atomic E-state index is 0.0718. The van der Waals surface area contributed by atoms with Crippen LogP contribution in [0.3, 0.4) is 0 Å². The maximum Gasteiger partial charge on any atom is 0.416 e. The molecule has 22 heavy (non-hydrogen) atoms. The van der Waals surface area contributed by atoms with Crippen LogP contribution in [-0.4, -0.2) is 31.8 Å². The summed E-state index contributed by atoms with van der Waals surface area (Å²) >= 11 is 0. The molecule has 9 heteroatoms. The van der Waals surface area contributed by atoms with Gasteiger partial charge >= 0.3 is 6.18 Å². The van der Waals surface area contributed by atoms with Gasteiger partial charge in [-0.05, 0) is 31.0 Å². The zero-order valence-corrected chi connectivity index (χ0v) is 12.2. The van der Waals surface area contributed by atoms with Crippen molar-refractivity contribution in [2.24, 2.45) is 5.92 Å². The first-order chi connectivity index (χ1) is 10.1. The van der Waals surface area contributed by atoms with Gasteiger partial charge in [0.15, 0.2) is 0 Å². The molecule has 122 valence electrons. The molecule has 0 aliphatic carbocycles. The van der Waals surface area contributed by atoms with Gasteiger partial charge < -0.3 is 9.90 Å². The summed E-state index contributed by atoms with van der Waals surface area (Å²) < 4.78 is 63.7. The number of alkyl halides is 3. The van der Waals surface area contributed by atoms with Crippen LogP contribution in [0.1, 0.15) is 18.4 Å². The van der Waals surface area contributed by atoms with E-state index in [0.29, 0.717) is 12.5 Å². The number of hydrogen-bond donors (Lipinski definition) is 0. The van der Waals surface area contributed by atoms with Crippen LogP contribution in [0.5, 0.6) is 0 Å². The van der Waals surface area contributed by atoms with E-state index in [0.717, 1.165) is 22.5 Å². The lowest BCUT2D eigenvalue weighted by Gasteiger charge is -2.32. The molecule has 0 saturated carbocycles.